The van der Waals surface area contributed by atoms with E-state index in [1.165, 1.54) is 4.90 Å². The number of anilines is 1. The highest BCUT2D eigenvalue weighted by Crippen LogP contribution is 2.46. The zero-order valence-electron chi connectivity index (χ0n) is 14.8. The molecule has 0 saturated heterocycles. The van der Waals surface area contributed by atoms with Gasteiger partial charge in [-0.05, 0) is 31.7 Å². The Morgan fingerprint density at radius 2 is 1.92 bits per heavy atom. The Labute approximate surface area is 152 Å². The summed E-state index contributed by atoms with van der Waals surface area (Å²) in [5, 5.41) is 12.2. The number of hydrogen-bond acceptors (Lipinski definition) is 4. The number of aromatic hydroxyl groups is 1. The van der Waals surface area contributed by atoms with Gasteiger partial charge in [0, 0.05) is 18.9 Å². The number of fused-ring (bicyclic) bond motifs is 3. The molecule has 0 aromatic heterocycles. The highest BCUT2D eigenvalue weighted by Gasteiger charge is 2.35. The van der Waals surface area contributed by atoms with Crippen LogP contribution in [0.3, 0.4) is 0 Å². The molecule has 0 unspecified atom stereocenters. The van der Waals surface area contributed by atoms with E-state index in [9.17, 15) is 9.90 Å². The molecule has 0 spiro atoms. The number of methoxy groups -OCH3 is 1. The molecule has 5 nitrogen and oxygen atoms in total. The van der Waals surface area contributed by atoms with Crippen molar-refractivity contribution in [1.82, 2.24) is 0 Å². The number of carbonyl (C=O) groups excluding carboxylic acids is 1. The fraction of sp³-hybridized carbons (Fsp3) is 0.421. The third-order valence-electron chi connectivity index (χ3n) is 4.24. The summed E-state index contributed by atoms with van der Waals surface area (Å²) in [5.41, 5.74) is 0.741. The van der Waals surface area contributed by atoms with Crippen LogP contribution in [0.1, 0.15) is 26.3 Å². The summed E-state index contributed by atoms with van der Waals surface area (Å²) in [6.45, 7) is 5.74. The third-order valence-corrected chi connectivity index (χ3v) is 4.60. The van der Waals surface area contributed by atoms with Crippen molar-refractivity contribution in [3.05, 3.63) is 34.9 Å². The van der Waals surface area contributed by atoms with Crippen LogP contribution >= 0.6 is 11.6 Å². The van der Waals surface area contributed by atoms with E-state index in [0.717, 1.165) is 10.9 Å². The average molecular weight is 364 g/mol. The van der Waals surface area contributed by atoms with Crippen LogP contribution in [0.4, 0.5) is 10.5 Å². The monoisotopic (exact) mass is 363 g/mol. The van der Waals surface area contributed by atoms with E-state index in [-0.39, 0.29) is 16.9 Å². The lowest BCUT2D eigenvalue weighted by molar-refractivity contribution is 0.0517. The number of rotatable bonds is 1. The Bertz CT molecular complexity index is 828. The van der Waals surface area contributed by atoms with Crippen LogP contribution < -0.4 is 4.90 Å². The van der Waals surface area contributed by atoms with Crippen molar-refractivity contribution in [3.63, 3.8) is 0 Å². The Morgan fingerprint density at radius 1 is 1.28 bits per heavy atom. The van der Waals surface area contributed by atoms with Gasteiger partial charge in [0.25, 0.3) is 0 Å². The lowest BCUT2D eigenvalue weighted by Gasteiger charge is -2.36. The van der Waals surface area contributed by atoms with Crippen LogP contribution in [0.15, 0.2) is 24.3 Å². The van der Waals surface area contributed by atoms with Crippen LogP contribution in [0.5, 0.6) is 5.75 Å². The van der Waals surface area contributed by atoms with Crippen molar-refractivity contribution < 1.29 is 19.4 Å². The van der Waals surface area contributed by atoms with Gasteiger partial charge in [0.05, 0.1) is 18.3 Å². The SMILES string of the molecule is CO[C@H]1Cc2c(c(Cl)c(O)c3ccccc23)N(C(=O)OC(C)(C)C)C1. The molecule has 0 fully saturated rings. The number of carbonyl (C=O) groups is 1. The topological polar surface area (TPSA) is 59.0 Å². The quantitative estimate of drug-likeness (QED) is 0.809. The third kappa shape index (κ3) is 3.26. The number of benzene rings is 2. The normalized spacial score (nSPS) is 17.5. The fourth-order valence-electron chi connectivity index (χ4n) is 3.16. The van der Waals surface area contributed by atoms with Crippen molar-refractivity contribution in [1.29, 1.82) is 0 Å². The van der Waals surface area contributed by atoms with Crippen molar-refractivity contribution in [3.8, 4) is 5.75 Å². The minimum atomic E-state index is -0.636. The number of halogens is 1. The fourth-order valence-corrected chi connectivity index (χ4v) is 3.48. The Morgan fingerprint density at radius 3 is 2.52 bits per heavy atom. The van der Waals surface area contributed by atoms with Gasteiger partial charge < -0.3 is 14.6 Å². The van der Waals surface area contributed by atoms with Gasteiger partial charge in [-0.15, -0.1) is 0 Å². The van der Waals surface area contributed by atoms with E-state index in [2.05, 4.69) is 0 Å². The first kappa shape index (κ1) is 17.8. The zero-order chi connectivity index (χ0) is 18.4. The van der Waals surface area contributed by atoms with Crippen LogP contribution in [0.25, 0.3) is 10.8 Å². The number of phenols is 1. The molecule has 0 saturated carbocycles. The van der Waals surface area contributed by atoms with Crippen molar-refractivity contribution in [2.75, 3.05) is 18.6 Å². The molecule has 0 aliphatic carbocycles. The second-order valence-corrected chi connectivity index (χ2v) is 7.57. The second kappa shape index (κ2) is 6.39. The maximum absolute atomic E-state index is 12.7. The van der Waals surface area contributed by atoms with E-state index in [0.29, 0.717) is 24.0 Å². The van der Waals surface area contributed by atoms with E-state index < -0.39 is 11.7 Å². The summed E-state index contributed by atoms with van der Waals surface area (Å²) in [6, 6.07) is 7.46. The molecule has 134 valence electrons. The first-order valence-corrected chi connectivity index (χ1v) is 8.56. The molecule has 2 aromatic carbocycles. The Kier molecular flexibility index (Phi) is 4.56. The molecule has 1 aliphatic rings. The standard InChI is InChI=1S/C19H22ClNO4/c1-19(2,3)25-18(23)21-10-11(24-4)9-14-12-7-5-6-8-13(12)17(22)15(20)16(14)21/h5-8,11,22H,9-10H2,1-4H3/t11-/m0/s1. The first-order chi connectivity index (χ1) is 11.7. The van der Waals surface area contributed by atoms with Crippen molar-refractivity contribution >= 4 is 34.2 Å². The zero-order valence-corrected chi connectivity index (χ0v) is 15.6. The lowest BCUT2D eigenvalue weighted by atomic mass is 9.93. The second-order valence-electron chi connectivity index (χ2n) is 7.19. The highest BCUT2D eigenvalue weighted by molar-refractivity contribution is 6.37. The van der Waals surface area contributed by atoms with E-state index in [4.69, 9.17) is 21.1 Å². The van der Waals surface area contributed by atoms with E-state index in [1.54, 1.807) is 7.11 Å². The van der Waals surface area contributed by atoms with Crippen LogP contribution in [-0.2, 0) is 15.9 Å². The molecule has 3 rings (SSSR count). The molecule has 0 radical (unpaired) electrons. The van der Waals surface area contributed by atoms with Gasteiger partial charge in [0.1, 0.15) is 16.4 Å². The number of phenolic OH excluding ortho intramolecular Hbond substituents is 1. The number of ether oxygens (including phenoxy) is 2. The molecule has 0 bridgehead atoms. The van der Waals surface area contributed by atoms with Gasteiger partial charge in [-0.2, -0.15) is 0 Å². The van der Waals surface area contributed by atoms with Crippen LogP contribution in [-0.4, -0.2) is 36.6 Å². The van der Waals surface area contributed by atoms with Crippen molar-refractivity contribution in [2.45, 2.75) is 38.9 Å². The smallest absolute Gasteiger partial charge is 0.414 e. The van der Waals surface area contributed by atoms with Gasteiger partial charge in [-0.1, -0.05) is 35.9 Å². The lowest BCUT2D eigenvalue weighted by Crippen LogP contribution is -2.45. The molecular formula is C19H22ClNO4. The highest BCUT2D eigenvalue weighted by atomic mass is 35.5. The molecular weight excluding hydrogens is 342 g/mol. The summed E-state index contributed by atoms with van der Waals surface area (Å²) in [5.74, 6) is -0.0274. The maximum atomic E-state index is 12.7. The summed E-state index contributed by atoms with van der Waals surface area (Å²) in [7, 11) is 1.62. The average Bonchev–Trinajstić information content (AvgIpc) is 2.57. The summed E-state index contributed by atoms with van der Waals surface area (Å²) >= 11 is 6.45. The molecule has 6 heteroatoms. The van der Waals surface area contributed by atoms with Gasteiger partial charge in [0.15, 0.2) is 0 Å². The largest absolute Gasteiger partial charge is 0.506 e. The maximum Gasteiger partial charge on any atom is 0.414 e. The first-order valence-electron chi connectivity index (χ1n) is 8.18. The molecule has 1 amide bonds. The van der Waals surface area contributed by atoms with Gasteiger partial charge in [-0.3, -0.25) is 4.90 Å². The molecule has 1 atom stereocenters. The summed E-state index contributed by atoms with van der Waals surface area (Å²) in [6.07, 6.45) is -0.0813. The molecule has 1 heterocycles. The minimum Gasteiger partial charge on any atom is -0.506 e. The van der Waals surface area contributed by atoms with Gasteiger partial charge >= 0.3 is 6.09 Å². The summed E-state index contributed by atoms with van der Waals surface area (Å²) < 4.78 is 11.0. The van der Waals surface area contributed by atoms with Crippen molar-refractivity contribution in [2.24, 2.45) is 0 Å². The number of nitrogens with zero attached hydrogens (tertiary/aromatic N) is 1. The molecule has 2 aromatic rings. The van der Waals surface area contributed by atoms with E-state index >= 15 is 0 Å². The van der Waals surface area contributed by atoms with Crippen LogP contribution in [0, 0.1) is 0 Å². The van der Waals surface area contributed by atoms with Crippen LogP contribution in [0.2, 0.25) is 5.02 Å². The Hall–Kier alpha value is -1.98. The number of hydrogen-bond donors (Lipinski definition) is 1. The van der Waals surface area contributed by atoms with E-state index in [1.807, 2.05) is 45.0 Å². The number of amides is 1. The summed E-state index contributed by atoms with van der Waals surface area (Å²) in [4.78, 5) is 14.2. The predicted molar refractivity (Wildman–Crippen MR) is 98.7 cm³/mol. The Balaban J connectivity index is 2.21. The van der Waals surface area contributed by atoms with Gasteiger partial charge in [-0.25, -0.2) is 4.79 Å². The van der Waals surface area contributed by atoms with Gasteiger partial charge in [0.2, 0.25) is 0 Å². The molecule has 25 heavy (non-hydrogen) atoms. The predicted octanol–water partition coefficient (Wildman–Crippen LogP) is 4.51. The minimum absolute atomic E-state index is 0.0274. The molecule has 1 aliphatic heterocycles. The molecule has 1 N–H and O–H groups in total.